The van der Waals surface area contributed by atoms with Crippen LogP contribution in [0, 0.1) is 0 Å². The summed E-state index contributed by atoms with van der Waals surface area (Å²) in [4.78, 5) is 10.1. The number of rotatable bonds is 2. The summed E-state index contributed by atoms with van der Waals surface area (Å²) in [6.07, 6.45) is 10.7. The van der Waals surface area contributed by atoms with Gasteiger partial charge in [-0.2, -0.15) is 0 Å². The van der Waals surface area contributed by atoms with Gasteiger partial charge in [0.05, 0.1) is 0 Å². The topological polar surface area (TPSA) is 29.1 Å². The normalized spacial score (nSPS) is 15.4. The molecule has 0 saturated carbocycles. The van der Waals surface area contributed by atoms with Gasteiger partial charge >= 0.3 is 0 Å². The van der Waals surface area contributed by atoms with Crippen LogP contribution in [0.5, 0.6) is 0 Å². The van der Waals surface area contributed by atoms with E-state index in [-0.39, 0.29) is 0 Å². The largest absolute Gasteiger partial charge is 0.365 e. The first-order chi connectivity index (χ1) is 4.93. The number of carbonyl (C=O) groups excluding carboxylic acids is 1. The van der Waals surface area contributed by atoms with Gasteiger partial charge in [-0.25, -0.2) is 0 Å². The fourth-order valence-electron chi connectivity index (χ4n) is 0.711. The van der Waals surface area contributed by atoms with Crippen molar-refractivity contribution in [3.63, 3.8) is 0 Å². The van der Waals surface area contributed by atoms with Crippen LogP contribution in [-0.2, 0) is 4.79 Å². The van der Waals surface area contributed by atoms with Crippen molar-refractivity contribution in [1.82, 2.24) is 5.32 Å². The van der Waals surface area contributed by atoms with Crippen LogP contribution in [0.15, 0.2) is 36.2 Å². The Balaban J connectivity index is 2.58. The highest BCUT2D eigenvalue weighted by Crippen LogP contribution is 1.97. The molecule has 1 N–H and O–H groups in total. The molecule has 0 radical (unpaired) electrons. The molecule has 0 unspecified atom stereocenters. The van der Waals surface area contributed by atoms with Crippen LogP contribution >= 0.6 is 0 Å². The molecule has 2 heteroatoms. The second-order valence-electron chi connectivity index (χ2n) is 1.95. The second-order valence-corrected chi connectivity index (χ2v) is 1.95. The molecular formula is C8H9NO. The van der Waals surface area contributed by atoms with Gasteiger partial charge in [-0.15, -0.1) is 0 Å². The molecule has 0 amide bonds. The average Bonchev–Trinajstić information content (AvgIpc) is 2.17. The lowest BCUT2D eigenvalue weighted by Gasteiger charge is -1.98. The lowest BCUT2D eigenvalue weighted by Crippen LogP contribution is -2.03. The zero-order valence-electron chi connectivity index (χ0n) is 5.58. The summed E-state index contributed by atoms with van der Waals surface area (Å²) < 4.78 is 0. The maximum Gasteiger partial charge on any atom is 0.125 e. The monoisotopic (exact) mass is 135 g/mol. The summed E-state index contributed by atoms with van der Waals surface area (Å²) in [6, 6.07) is 0. The molecule has 0 saturated heterocycles. The molecule has 0 fully saturated rings. The quantitative estimate of drug-likeness (QED) is 0.575. The van der Waals surface area contributed by atoms with Crippen LogP contribution in [0.25, 0.3) is 0 Å². The fraction of sp³-hybridized carbons (Fsp3) is 0.125. The third-order valence-corrected chi connectivity index (χ3v) is 1.19. The van der Waals surface area contributed by atoms with Gasteiger partial charge in [0.1, 0.15) is 6.29 Å². The molecular weight excluding hydrogens is 126 g/mol. The molecule has 1 heterocycles. The zero-order chi connectivity index (χ0) is 7.23. The first kappa shape index (κ1) is 6.81. The molecule has 0 aliphatic carbocycles. The summed E-state index contributed by atoms with van der Waals surface area (Å²) in [5.41, 5.74) is 0.931. The van der Waals surface area contributed by atoms with E-state index in [1.54, 1.807) is 6.20 Å². The Labute approximate surface area is 59.9 Å². The van der Waals surface area contributed by atoms with E-state index >= 15 is 0 Å². The average molecular weight is 135 g/mol. The van der Waals surface area contributed by atoms with Crippen molar-refractivity contribution >= 4 is 6.29 Å². The van der Waals surface area contributed by atoms with Crippen LogP contribution in [0.2, 0.25) is 0 Å². The Morgan fingerprint density at radius 1 is 1.40 bits per heavy atom. The van der Waals surface area contributed by atoms with Crippen molar-refractivity contribution in [2.24, 2.45) is 0 Å². The number of nitrogens with one attached hydrogen (secondary N) is 1. The lowest BCUT2D eigenvalue weighted by atomic mass is 10.3. The molecule has 0 aromatic heterocycles. The summed E-state index contributed by atoms with van der Waals surface area (Å²) in [7, 11) is 0. The summed E-state index contributed by atoms with van der Waals surface area (Å²) in [5, 5.41) is 2.97. The molecule has 0 spiro atoms. The molecule has 0 aromatic carbocycles. The van der Waals surface area contributed by atoms with Crippen LogP contribution < -0.4 is 5.32 Å². The Morgan fingerprint density at radius 2 is 2.30 bits per heavy atom. The van der Waals surface area contributed by atoms with E-state index in [1.165, 1.54) is 0 Å². The standard InChI is InChI=1S/C8H9NO/c10-7-5-8-4-2-1-3-6-9-8/h1-4,6-7,9H,5H2. The predicted octanol–water partition coefficient (Wildman–Crippen LogP) is 1.13. The van der Waals surface area contributed by atoms with Crippen LogP contribution in [0.3, 0.4) is 0 Å². The van der Waals surface area contributed by atoms with Crippen LogP contribution in [0.4, 0.5) is 0 Å². The summed E-state index contributed by atoms with van der Waals surface area (Å²) >= 11 is 0. The minimum atomic E-state index is 0.453. The maximum atomic E-state index is 10.1. The fourth-order valence-corrected chi connectivity index (χ4v) is 0.711. The Kier molecular flexibility index (Phi) is 2.49. The molecule has 1 aliphatic heterocycles. The Morgan fingerprint density at radius 3 is 3.10 bits per heavy atom. The van der Waals surface area contributed by atoms with Gasteiger partial charge in [-0.1, -0.05) is 12.2 Å². The molecule has 0 bridgehead atoms. The zero-order valence-corrected chi connectivity index (χ0v) is 5.58. The molecule has 0 atom stereocenters. The van der Waals surface area contributed by atoms with Crippen molar-refractivity contribution in [2.45, 2.75) is 6.42 Å². The number of carbonyl (C=O) groups is 1. The predicted molar refractivity (Wildman–Crippen MR) is 40.2 cm³/mol. The third kappa shape index (κ3) is 1.90. The summed E-state index contributed by atoms with van der Waals surface area (Å²) in [6.45, 7) is 0. The molecule has 1 aliphatic rings. The second kappa shape index (κ2) is 3.67. The van der Waals surface area contributed by atoms with E-state index in [4.69, 9.17) is 0 Å². The third-order valence-electron chi connectivity index (χ3n) is 1.19. The molecule has 10 heavy (non-hydrogen) atoms. The molecule has 2 nitrogen and oxygen atoms in total. The van der Waals surface area contributed by atoms with Gasteiger partial charge in [0.25, 0.3) is 0 Å². The van der Waals surface area contributed by atoms with Gasteiger partial charge < -0.3 is 10.1 Å². The van der Waals surface area contributed by atoms with Crippen molar-refractivity contribution in [3.8, 4) is 0 Å². The van der Waals surface area contributed by atoms with E-state index in [2.05, 4.69) is 5.32 Å². The molecule has 0 aromatic rings. The van der Waals surface area contributed by atoms with Gasteiger partial charge in [-0.05, 0) is 12.2 Å². The number of allylic oxidation sites excluding steroid dienone is 5. The summed E-state index contributed by atoms with van der Waals surface area (Å²) in [5.74, 6) is 0. The van der Waals surface area contributed by atoms with E-state index in [0.29, 0.717) is 6.42 Å². The van der Waals surface area contributed by atoms with Gasteiger partial charge in [-0.3, -0.25) is 0 Å². The van der Waals surface area contributed by atoms with Crippen LogP contribution in [-0.4, -0.2) is 6.29 Å². The Hall–Kier alpha value is -1.31. The molecule has 52 valence electrons. The lowest BCUT2D eigenvalue weighted by molar-refractivity contribution is -0.107. The number of hydrogen-bond acceptors (Lipinski definition) is 2. The highest BCUT2D eigenvalue weighted by molar-refractivity contribution is 5.54. The number of hydrogen-bond donors (Lipinski definition) is 1. The highest BCUT2D eigenvalue weighted by atomic mass is 16.1. The number of aldehydes is 1. The van der Waals surface area contributed by atoms with E-state index in [9.17, 15) is 4.79 Å². The maximum absolute atomic E-state index is 10.1. The first-order valence-electron chi connectivity index (χ1n) is 3.16. The van der Waals surface area contributed by atoms with E-state index in [0.717, 1.165) is 12.0 Å². The van der Waals surface area contributed by atoms with Gasteiger partial charge in [0.15, 0.2) is 0 Å². The minimum Gasteiger partial charge on any atom is -0.365 e. The van der Waals surface area contributed by atoms with Crippen molar-refractivity contribution in [2.75, 3.05) is 0 Å². The van der Waals surface area contributed by atoms with Crippen molar-refractivity contribution < 1.29 is 4.79 Å². The van der Waals surface area contributed by atoms with Crippen LogP contribution in [0.1, 0.15) is 6.42 Å². The minimum absolute atomic E-state index is 0.453. The van der Waals surface area contributed by atoms with Gasteiger partial charge in [0, 0.05) is 18.3 Å². The van der Waals surface area contributed by atoms with Crippen molar-refractivity contribution in [3.05, 3.63) is 36.2 Å². The van der Waals surface area contributed by atoms with E-state index < -0.39 is 0 Å². The molecule has 1 rings (SSSR count). The smallest absolute Gasteiger partial charge is 0.125 e. The SMILES string of the molecule is O=CCC1=CC=CC=CN1. The highest BCUT2D eigenvalue weighted by Gasteiger charge is 1.90. The van der Waals surface area contributed by atoms with Gasteiger partial charge in [0.2, 0.25) is 0 Å². The van der Waals surface area contributed by atoms with E-state index in [1.807, 2.05) is 24.3 Å². The Bertz CT molecular complexity index is 201. The van der Waals surface area contributed by atoms with Crippen molar-refractivity contribution in [1.29, 1.82) is 0 Å². The first-order valence-corrected chi connectivity index (χ1v) is 3.16.